The summed E-state index contributed by atoms with van der Waals surface area (Å²) in [4.78, 5) is 11.3. The third-order valence-electron chi connectivity index (χ3n) is 5.39. The monoisotopic (exact) mass is 394 g/mol. The van der Waals surface area contributed by atoms with Crippen LogP contribution in [0, 0.1) is 12.7 Å². The summed E-state index contributed by atoms with van der Waals surface area (Å²) in [5, 5.41) is 22.8. The van der Waals surface area contributed by atoms with Crippen LogP contribution < -0.4 is 10.2 Å². The molecule has 2 aromatic carbocycles. The number of phenolic OH excluding ortho intramolecular Hbond substituents is 1. The lowest BCUT2D eigenvalue weighted by molar-refractivity contribution is 0.280. The van der Waals surface area contributed by atoms with Gasteiger partial charge < -0.3 is 20.4 Å². The van der Waals surface area contributed by atoms with Gasteiger partial charge in [-0.25, -0.2) is 9.37 Å². The lowest BCUT2D eigenvalue weighted by Crippen LogP contribution is -2.35. The Kier molecular flexibility index (Phi) is 5.07. The molecule has 0 fully saturated rings. The third-order valence-corrected chi connectivity index (χ3v) is 5.39. The molecule has 3 aromatic rings. The van der Waals surface area contributed by atoms with Crippen molar-refractivity contribution in [2.24, 2.45) is 0 Å². The summed E-state index contributed by atoms with van der Waals surface area (Å²) < 4.78 is 13.2. The van der Waals surface area contributed by atoms with Crippen LogP contribution >= 0.6 is 0 Å². The summed E-state index contributed by atoms with van der Waals surface area (Å²) in [7, 11) is 0. The number of benzene rings is 2. The molecule has 6 nitrogen and oxygen atoms in total. The highest BCUT2D eigenvalue weighted by Gasteiger charge is 2.28. The highest BCUT2D eigenvalue weighted by Crippen LogP contribution is 2.36. The van der Waals surface area contributed by atoms with Crippen LogP contribution in [0.3, 0.4) is 0 Å². The van der Waals surface area contributed by atoms with Crippen LogP contribution in [0.2, 0.25) is 0 Å². The van der Waals surface area contributed by atoms with E-state index in [9.17, 15) is 14.6 Å². The van der Waals surface area contributed by atoms with E-state index in [0.29, 0.717) is 35.3 Å². The van der Waals surface area contributed by atoms with Crippen LogP contribution in [-0.2, 0) is 13.0 Å². The zero-order chi connectivity index (χ0) is 20.5. The van der Waals surface area contributed by atoms with E-state index in [4.69, 9.17) is 0 Å². The van der Waals surface area contributed by atoms with E-state index in [1.165, 1.54) is 12.1 Å². The molecular weight excluding hydrogens is 371 g/mol. The Morgan fingerprint density at radius 1 is 1.17 bits per heavy atom. The quantitative estimate of drug-likeness (QED) is 0.621. The van der Waals surface area contributed by atoms with E-state index in [0.717, 1.165) is 17.5 Å². The first kappa shape index (κ1) is 19.1. The van der Waals surface area contributed by atoms with E-state index in [-0.39, 0.29) is 24.2 Å². The minimum atomic E-state index is -0.309. The van der Waals surface area contributed by atoms with Crippen LogP contribution in [-0.4, -0.2) is 26.7 Å². The van der Waals surface area contributed by atoms with Gasteiger partial charge >= 0.3 is 0 Å². The molecule has 0 radical (unpaired) electrons. The summed E-state index contributed by atoms with van der Waals surface area (Å²) in [6, 6.07) is 11.5. The molecule has 0 saturated carbocycles. The zero-order valence-electron chi connectivity index (χ0n) is 16.4. The van der Waals surface area contributed by atoms with Gasteiger partial charge in [-0.05, 0) is 67.8 Å². The van der Waals surface area contributed by atoms with E-state index in [1.54, 1.807) is 18.2 Å². The van der Waals surface area contributed by atoms with Crippen LogP contribution in [0.1, 0.15) is 35.3 Å². The van der Waals surface area contributed by atoms with Crippen molar-refractivity contribution in [2.45, 2.75) is 32.9 Å². The number of rotatable bonds is 4. The topological polar surface area (TPSA) is 81.5 Å². The third kappa shape index (κ3) is 3.73. The van der Waals surface area contributed by atoms with Crippen LogP contribution in [0.4, 0.5) is 21.8 Å². The highest BCUT2D eigenvalue weighted by atomic mass is 19.1. The second kappa shape index (κ2) is 7.67. The summed E-state index contributed by atoms with van der Waals surface area (Å²) >= 11 is 0. The fraction of sp³-hybridized carbons (Fsp3) is 0.273. The van der Waals surface area contributed by atoms with Gasteiger partial charge in [0.1, 0.15) is 17.4 Å². The number of aromatic nitrogens is 2. The van der Waals surface area contributed by atoms with Gasteiger partial charge in [0.05, 0.1) is 18.3 Å². The van der Waals surface area contributed by atoms with Crippen molar-refractivity contribution >= 4 is 17.5 Å². The number of nitrogens with zero attached hydrogens (tertiary/aromatic N) is 3. The largest absolute Gasteiger partial charge is 0.508 e. The molecule has 150 valence electrons. The molecule has 0 bridgehead atoms. The van der Waals surface area contributed by atoms with Crippen molar-refractivity contribution in [3.63, 3.8) is 0 Å². The van der Waals surface area contributed by atoms with Crippen molar-refractivity contribution in [1.29, 1.82) is 0 Å². The van der Waals surface area contributed by atoms with Gasteiger partial charge in [0.25, 0.3) is 0 Å². The van der Waals surface area contributed by atoms with Crippen LogP contribution in [0.15, 0.2) is 42.5 Å². The van der Waals surface area contributed by atoms with Gasteiger partial charge in [-0.3, -0.25) is 0 Å². The smallest absolute Gasteiger partial charge is 0.229 e. The fourth-order valence-electron chi connectivity index (χ4n) is 3.83. The molecule has 2 heterocycles. The maximum atomic E-state index is 13.2. The molecule has 4 rings (SSSR count). The molecule has 1 unspecified atom stereocenters. The molecule has 29 heavy (non-hydrogen) atoms. The molecule has 0 saturated heterocycles. The first-order chi connectivity index (χ1) is 14.0. The predicted octanol–water partition coefficient (Wildman–Crippen LogP) is 3.99. The summed E-state index contributed by atoms with van der Waals surface area (Å²) in [5.41, 5.74) is 4.30. The zero-order valence-corrected chi connectivity index (χ0v) is 16.4. The summed E-state index contributed by atoms with van der Waals surface area (Å²) in [6.07, 6.45) is 0.767. The average Bonchev–Trinajstić information content (AvgIpc) is 2.69. The van der Waals surface area contributed by atoms with Gasteiger partial charge in [-0.15, -0.1) is 0 Å². The Morgan fingerprint density at radius 2 is 1.93 bits per heavy atom. The average molecular weight is 394 g/mol. The number of hydrogen-bond donors (Lipinski definition) is 3. The SMILES string of the molecule is Cc1nc(Nc2ccc(F)cc2)nc(N2CCc3cc(O)ccc3C2C)c1CO. The fourth-order valence-corrected chi connectivity index (χ4v) is 3.83. The number of anilines is 3. The van der Waals surface area contributed by atoms with Crippen molar-refractivity contribution in [1.82, 2.24) is 9.97 Å². The standard InChI is InChI=1S/C22H23FN4O2/c1-13-20(12-28)21(26-22(24-13)25-17-5-3-16(23)4-6-17)27-10-9-15-11-18(29)7-8-19(15)14(27)2/h3-8,11,14,28-29H,9-10,12H2,1-2H3,(H,24,25,26). The number of aliphatic hydroxyl groups excluding tert-OH is 1. The van der Waals surface area contributed by atoms with Gasteiger partial charge in [-0.2, -0.15) is 4.98 Å². The second-order valence-corrected chi connectivity index (χ2v) is 7.23. The maximum Gasteiger partial charge on any atom is 0.229 e. The number of phenols is 1. The van der Waals surface area contributed by atoms with Gasteiger partial charge in [0, 0.05) is 17.8 Å². The molecule has 1 aliphatic rings. The summed E-state index contributed by atoms with van der Waals surface area (Å²) in [6.45, 7) is 4.47. The Morgan fingerprint density at radius 3 is 2.66 bits per heavy atom. The van der Waals surface area contributed by atoms with Crippen molar-refractivity contribution < 1.29 is 14.6 Å². The van der Waals surface area contributed by atoms with Crippen molar-refractivity contribution in [3.05, 3.63) is 70.7 Å². The molecule has 7 heteroatoms. The number of fused-ring (bicyclic) bond motifs is 1. The maximum absolute atomic E-state index is 13.2. The number of hydrogen-bond acceptors (Lipinski definition) is 6. The van der Waals surface area contributed by atoms with E-state index in [1.807, 2.05) is 19.1 Å². The number of halogens is 1. The first-order valence-electron chi connectivity index (χ1n) is 9.55. The minimum absolute atomic E-state index is 0.0256. The lowest BCUT2D eigenvalue weighted by atomic mass is 9.93. The molecule has 0 aliphatic carbocycles. The van der Waals surface area contributed by atoms with Crippen LogP contribution in [0.25, 0.3) is 0 Å². The van der Waals surface area contributed by atoms with Crippen LogP contribution in [0.5, 0.6) is 5.75 Å². The highest BCUT2D eigenvalue weighted by molar-refractivity contribution is 5.60. The predicted molar refractivity (Wildman–Crippen MR) is 110 cm³/mol. The Bertz CT molecular complexity index is 1040. The Balaban J connectivity index is 1.71. The Hall–Kier alpha value is -3.19. The number of aliphatic hydroxyl groups is 1. The molecular formula is C22H23FN4O2. The molecule has 1 aliphatic heterocycles. The van der Waals surface area contributed by atoms with E-state index < -0.39 is 0 Å². The van der Waals surface area contributed by atoms with Crippen molar-refractivity contribution in [2.75, 3.05) is 16.8 Å². The lowest BCUT2D eigenvalue weighted by Gasteiger charge is -2.37. The normalized spacial score (nSPS) is 15.9. The van der Waals surface area contributed by atoms with Gasteiger partial charge in [0.2, 0.25) is 5.95 Å². The minimum Gasteiger partial charge on any atom is -0.508 e. The number of aromatic hydroxyl groups is 1. The first-order valence-corrected chi connectivity index (χ1v) is 9.55. The molecule has 0 spiro atoms. The van der Waals surface area contributed by atoms with Gasteiger partial charge in [0.15, 0.2) is 0 Å². The van der Waals surface area contributed by atoms with E-state index >= 15 is 0 Å². The molecule has 3 N–H and O–H groups in total. The number of aryl methyl sites for hydroxylation is 1. The Labute approximate surface area is 168 Å². The molecule has 1 aromatic heterocycles. The van der Waals surface area contributed by atoms with Gasteiger partial charge in [-0.1, -0.05) is 6.07 Å². The van der Waals surface area contributed by atoms with E-state index in [2.05, 4.69) is 27.1 Å². The summed E-state index contributed by atoms with van der Waals surface area (Å²) in [5.74, 6) is 1.03. The molecule has 0 amide bonds. The molecule has 1 atom stereocenters. The van der Waals surface area contributed by atoms with Crippen molar-refractivity contribution in [3.8, 4) is 5.75 Å². The second-order valence-electron chi connectivity index (χ2n) is 7.23. The number of nitrogens with one attached hydrogen (secondary N) is 1.